The minimum Gasteiger partial charge on any atom is -0.367 e. The van der Waals surface area contributed by atoms with Crippen molar-refractivity contribution >= 4 is 46.1 Å². The molecule has 0 saturated carbocycles. The number of anilines is 2. The van der Waals surface area contributed by atoms with Gasteiger partial charge in [-0.1, -0.05) is 78.3 Å². The smallest absolute Gasteiger partial charge is 0.264 e. The number of nitrogens with zero attached hydrogens (tertiary/aromatic N) is 2. The Bertz CT molecular complexity index is 1280. The maximum absolute atomic E-state index is 13.4. The molecule has 1 saturated heterocycles. The van der Waals surface area contributed by atoms with Crippen LogP contribution in [0.25, 0.3) is 0 Å². The number of piperazine rings is 1. The van der Waals surface area contributed by atoms with Crippen LogP contribution in [-0.4, -0.2) is 42.9 Å². The topological polar surface area (TPSA) is 52.7 Å². The van der Waals surface area contributed by atoms with E-state index < -0.39 is 5.92 Å². The third kappa shape index (κ3) is 5.30. The number of rotatable bonds is 6. The van der Waals surface area contributed by atoms with Gasteiger partial charge < -0.3 is 15.1 Å². The maximum atomic E-state index is 13.4. The van der Waals surface area contributed by atoms with Gasteiger partial charge in [0, 0.05) is 31.9 Å². The second-order valence-corrected chi connectivity index (χ2v) is 10.0. The predicted molar refractivity (Wildman–Crippen MR) is 147 cm³/mol. The molecule has 1 fully saturated rings. The van der Waals surface area contributed by atoms with Crippen molar-refractivity contribution < 1.29 is 9.59 Å². The number of carbonyl (C=O) groups is 2. The van der Waals surface area contributed by atoms with Crippen LogP contribution in [0.4, 0.5) is 11.4 Å². The normalized spacial score (nSPS) is 13.6. The summed E-state index contributed by atoms with van der Waals surface area (Å²) in [6, 6.07) is 28.9. The lowest BCUT2D eigenvalue weighted by Crippen LogP contribution is -2.48. The van der Waals surface area contributed by atoms with Crippen molar-refractivity contribution in [2.45, 2.75) is 5.92 Å². The fourth-order valence-corrected chi connectivity index (χ4v) is 5.54. The molecule has 4 aromatic rings. The summed E-state index contributed by atoms with van der Waals surface area (Å²) < 4.78 is 0. The van der Waals surface area contributed by atoms with Crippen LogP contribution in [-0.2, 0) is 4.79 Å². The zero-order chi connectivity index (χ0) is 24.9. The Labute approximate surface area is 219 Å². The molecule has 1 aliphatic rings. The minimum atomic E-state index is -0.431. The fraction of sp³-hybridized carbons (Fsp3) is 0.172. The summed E-state index contributed by atoms with van der Waals surface area (Å²) in [5, 5.41) is 5.55. The Hall–Kier alpha value is -3.61. The monoisotopic (exact) mass is 515 g/mol. The van der Waals surface area contributed by atoms with E-state index in [-0.39, 0.29) is 11.8 Å². The lowest BCUT2D eigenvalue weighted by Gasteiger charge is -2.36. The standard InChI is InChI=1S/C29H26ClN3O2S/c30-24-20-23(31-28(34)27(21-8-3-1-4-9-21)22-10-5-2-6-11-22)13-14-25(24)32-15-17-33(18-16-32)29(35)26-12-7-19-36-26/h1-14,19-20,27H,15-18H2,(H,31,34). The lowest BCUT2D eigenvalue weighted by atomic mass is 9.90. The van der Waals surface area contributed by atoms with Crippen LogP contribution in [0.3, 0.4) is 0 Å². The SMILES string of the molecule is O=C(Nc1ccc(N2CCN(C(=O)c3cccs3)CC2)c(Cl)c1)C(c1ccccc1)c1ccccc1. The van der Waals surface area contributed by atoms with Crippen molar-refractivity contribution in [2.24, 2.45) is 0 Å². The highest BCUT2D eigenvalue weighted by molar-refractivity contribution is 7.12. The maximum Gasteiger partial charge on any atom is 0.264 e. The van der Waals surface area contributed by atoms with Crippen LogP contribution in [0.2, 0.25) is 5.02 Å². The molecule has 0 spiro atoms. The van der Waals surface area contributed by atoms with Crippen molar-refractivity contribution in [3.05, 3.63) is 117 Å². The number of hydrogen-bond acceptors (Lipinski definition) is 4. The molecule has 2 amide bonds. The van der Waals surface area contributed by atoms with E-state index in [2.05, 4.69) is 10.2 Å². The Balaban J connectivity index is 1.27. The van der Waals surface area contributed by atoms with E-state index in [0.29, 0.717) is 36.9 Å². The van der Waals surface area contributed by atoms with Crippen LogP contribution in [0, 0.1) is 0 Å². The zero-order valence-corrected chi connectivity index (χ0v) is 21.2. The van der Waals surface area contributed by atoms with Gasteiger partial charge in [-0.25, -0.2) is 0 Å². The average Bonchev–Trinajstić information content (AvgIpc) is 3.45. The van der Waals surface area contributed by atoms with Gasteiger partial charge in [0.2, 0.25) is 5.91 Å². The molecule has 0 bridgehead atoms. The van der Waals surface area contributed by atoms with Gasteiger partial charge in [0.05, 0.1) is 21.5 Å². The molecule has 7 heteroatoms. The minimum absolute atomic E-state index is 0.0835. The molecule has 1 aromatic heterocycles. The summed E-state index contributed by atoms with van der Waals surface area (Å²) in [5.41, 5.74) is 3.41. The number of carbonyl (C=O) groups excluding carboxylic acids is 2. The van der Waals surface area contributed by atoms with Crippen LogP contribution in [0.15, 0.2) is 96.4 Å². The number of nitrogens with one attached hydrogen (secondary N) is 1. The van der Waals surface area contributed by atoms with E-state index in [1.54, 1.807) is 6.07 Å². The molecule has 182 valence electrons. The molecular weight excluding hydrogens is 490 g/mol. The number of benzene rings is 3. The summed E-state index contributed by atoms with van der Waals surface area (Å²) in [6.45, 7) is 2.68. The van der Waals surface area contributed by atoms with Crippen molar-refractivity contribution in [3.63, 3.8) is 0 Å². The molecule has 0 atom stereocenters. The highest BCUT2D eigenvalue weighted by atomic mass is 35.5. The van der Waals surface area contributed by atoms with Crippen molar-refractivity contribution in [2.75, 3.05) is 36.4 Å². The van der Waals surface area contributed by atoms with E-state index in [1.807, 2.05) is 95.2 Å². The van der Waals surface area contributed by atoms with Gasteiger partial charge in [-0.05, 0) is 40.8 Å². The summed E-state index contributed by atoms with van der Waals surface area (Å²) in [4.78, 5) is 30.9. The molecule has 0 radical (unpaired) electrons. The first-order chi connectivity index (χ1) is 17.6. The van der Waals surface area contributed by atoms with Gasteiger partial charge in [0.25, 0.3) is 5.91 Å². The van der Waals surface area contributed by atoms with Crippen molar-refractivity contribution in [1.82, 2.24) is 4.90 Å². The van der Waals surface area contributed by atoms with E-state index in [9.17, 15) is 9.59 Å². The first-order valence-electron chi connectivity index (χ1n) is 11.9. The molecule has 0 aliphatic carbocycles. The van der Waals surface area contributed by atoms with Crippen LogP contribution >= 0.6 is 22.9 Å². The third-order valence-electron chi connectivity index (χ3n) is 6.38. The molecule has 5 nitrogen and oxygen atoms in total. The van der Waals surface area contributed by atoms with Gasteiger partial charge in [-0.3, -0.25) is 9.59 Å². The van der Waals surface area contributed by atoms with Crippen molar-refractivity contribution in [3.8, 4) is 0 Å². The average molecular weight is 516 g/mol. The van der Waals surface area contributed by atoms with Gasteiger partial charge in [-0.2, -0.15) is 0 Å². The first kappa shape index (κ1) is 24.1. The summed E-state index contributed by atoms with van der Waals surface area (Å²) in [5.74, 6) is -0.461. The van der Waals surface area contributed by atoms with Gasteiger partial charge >= 0.3 is 0 Å². The number of hydrogen-bond donors (Lipinski definition) is 1. The Morgan fingerprint density at radius 1 is 0.806 bits per heavy atom. The first-order valence-corrected chi connectivity index (χ1v) is 13.1. The number of thiophene rings is 1. The molecule has 36 heavy (non-hydrogen) atoms. The third-order valence-corrected chi connectivity index (χ3v) is 7.54. The van der Waals surface area contributed by atoms with Gasteiger partial charge in [-0.15, -0.1) is 11.3 Å². The van der Waals surface area contributed by atoms with E-state index in [4.69, 9.17) is 11.6 Å². The quantitative estimate of drug-likeness (QED) is 0.336. The Kier molecular flexibility index (Phi) is 7.35. The van der Waals surface area contributed by atoms with E-state index in [0.717, 1.165) is 21.7 Å². The second kappa shape index (κ2) is 11.0. The Morgan fingerprint density at radius 3 is 2.00 bits per heavy atom. The van der Waals surface area contributed by atoms with Gasteiger partial charge in [0.15, 0.2) is 0 Å². The molecule has 1 N–H and O–H groups in total. The van der Waals surface area contributed by atoms with Crippen LogP contribution in [0.1, 0.15) is 26.7 Å². The second-order valence-electron chi connectivity index (χ2n) is 8.67. The largest absolute Gasteiger partial charge is 0.367 e. The highest BCUT2D eigenvalue weighted by Crippen LogP contribution is 2.32. The summed E-state index contributed by atoms with van der Waals surface area (Å²) >= 11 is 8.14. The molecule has 0 unspecified atom stereocenters. The van der Waals surface area contributed by atoms with Crippen molar-refractivity contribution in [1.29, 1.82) is 0 Å². The van der Waals surface area contributed by atoms with Crippen LogP contribution in [0.5, 0.6) is 0 Å². The Morgan fingerprint density at radius 2 is 1.44 bits per heavy atom. The molecule has 5 rings (SSSR count). The highest BCUT2D eigenvalue weighted by Gasteiger charge is 2.25. The molecule has 3 aromatic carbocycles. The predicted octanol–water partition coefficient (Wildman–Crippen LogP) is 6.13. The summed E-state index contributed by atoms with van der Waals surface area (Å²) in [7, 11) is 0. The lowest BCUT2D eigenvalue weighted by molar-refractivity contribution is -0.116. The van der Waals surface area contributed by atoms with E-state index in [1.165, 1.54) is 11.3 Å². The fourth-order valence-electron chi connectivity index (χ4n) is 4.55. The molecule has 1 aliphatic heterocycles. The number of halogens is 1. The number of amides is 2. The molecule has 2 heterocycles. The van der Waals surface area contributed by atoms with Gasteiger partial charge in [0.1, 0.15) is 0 Å². The van der Waals surface area contributed by atoms with E-state index >= 15 is 0 Å². The molecular formula is C29H26ClN3O2S. The summed E-state index contributed by atoms with van der Waals surface area (Å²) in [6.07, 6.45) is 0. The zero-order valence-electron chi connectivity index (χ0n) is 19.6. The van der Waals surface area contributed by atoms with Crippen LogP contribution < -0.4 is 10.2 Å².